The lowest BCUT2D eigenvalue weighted by molar-refractivity contribution is 0.0679. The number of carbonyl (C=O) groups is 1. The number of para-hydroxylation sites is 2. The monoisotopic (exact) mass is 379 g/mol. The SMILES string of the molecule is Cc1nc2ccccc2n1CCNC(=O)c1ccc(OC[C@@H]2CCCO2)cc1. The maximum Gasteiger partial charge on any atom is 0.251 e. The van der Waals surface area contributed by atoms with Gasteiger partial charge in [-0.2, -0.15) is 0 Å². The van der Waals surface area contributed by atoms with Crippen molar-refractivity contribution >= 4 is 16.9 Å². The van der Waals surface area contributed by atoms with Gasteiger partial charge in [-0.1, -0.05) is 12.1 Å². The summed E-state index contributed by atoms with van der Waals surface area (Å²) < 4.78 is 13.4. The molecular weight excluding hydrogens is 354 g/mol. The summed E-state index contributed by atoms with van der Waals surface area (Å²) in [5, 5.41) is 2.98. The topological polar surface area (TPSA) is 65.4 Å². The number of hydrogen-bond acceptors (Lipinski definition) is 4. The largest absolute Gasteiger partial charge is 0.491 e. The predicted molar refractivity (Wildman–Crippen MR) is 108 cm³/mol. The van der Waals surface area contributed by atoms with Gasteiger partial charge in [0.15, 0.2) is 0 Å². The Balaban J connectivity index is 1.29. The molecule has 1 saturated heterocycles. The minimum absolute atomic E-state index is 0.0900. The zero-order valence-electron chi connectivity index (χ0n) is 16.1. The number of nitrogens with zero attached hydrogens (tertiary/aromatic N) is 2. The summed E-state index contributed by atoms with van der Waals surface area (Å²) in [6.45, 7) is 4.58. The van der Waals surface area contributed by atoms with E-state index < -0.39 is 0 Å². The van der Waals surface area contributed by atoms with Crippen LogP contribution in [0.5, 0.6) is 5.75 Å². The summed E-state index contributed by atoms with van der Waals surface area (Å²) in [4.78, 5) is 17.0. The van der Waals surface area contributed by atoms with E-state index in [1.54, 1.807) is 12.1 Å². The third kappa shape index (κ3) is 4.17. The van der Waals surface area contributed by atoms with Crippen molar-refractivity contribution in [2.75, 3.05) is 19.8 Å². The molecule has 1 N–H and O–H groups in total. The third-order valence-electron chi connectivity index (χ3n) is 5.04. The highest BCUT2D eigenvalue weighted by molar-refractivity contribution is 5.94. The van der Waals surface area contributed by atoms with E-state index in [-0.39, 0.29) is 12.0 Å². The first-order valence-electron chi connectivity index (χ1n) is 9.75. The second-order valence-electron chi connectivity index (χ2n) is 7.03. The van der Waals surface area contributed by atoms with Gasteiger partial charge in [0.05, 0.1) is 17.1 Å². The highest BCUT2D eigenvalue weighted by atomic mass is 16.5. The molecule has 1 aromatic heterocycles. The number of hydrogen-bond donors (Lipinski definition) is 1. The van der Waals surface area contributed by atoms with Gasteiger partial charge < -0.3 is 19.4 Å². The molecule has 0 spiro atoms. The molecule has 0 bridgehead atoms. The number of imidazole rings is 1. The van der Waals surface area contributed by atoms with Crippen molar-refractivity contribution in [1.82, 2.24) is 14.9 Å². The van der Waals surface area contributed by atoms with E-state index in [1.165, 1.54) is 0 Å². The Kier molecular flexibility index (Phi) is 5.58. The fraction of sp³-hybridized carbons (Fsp3) is 0.364. The van der Waals surface area contributed by atoms with E-state index in [4.69, 9.17) is 9.47 Å². The molecule has 6 nitrogen and oxygen atoms in total. The Morgan fingerprint density at radius 1 is 1.25 bits per heavy atom. The molecule has 2 aromatic carbocycles. The summed E-state index contributed by atoms with van der Waals surface area (Å²) in [6, 6.07) is 15.3. The number of aryl methyl sites for hydroxylation is 1. The van der Waals surface area contributed by atoms with Crippen molar-refractivity contribution in [2.45, 2.75) is 32.4 Å². The van der Waals surface area contributed by atoms with Crippen LogP contribution in [0.4, 0.5) is 0 Å². The molecule has 28 heavy (non-hydrogen) atoms. The van der Waals surface area contributed by atoms with Gasteiger partial charge >= 0.3 is 0 Å². The van der Waals surface area contributed by atoms with Gasteiger partial charge in [-0.05, 0) is 56.2 Å². The molecule has 1 aliphatic heterocycles. The second kappa shape index (κ2) is 8.44. The maximum atomic E-state index is 12.4. The lowest BCUT2D eigenvalue weighted by atomic mass is 10.2. The van der Waals surface area contributed by atoms with Crippen LogP contribution in [0, 0.1) is 6.92 Å². The highest BCUT2D eigenvalue weighted by Crippen LogP contribution is 2.17. The van der Waals surface area contributed by atoms with E-state index in [0.717, 1.165) is 42.1 Å². The van der Waals surface area contributed by atoms with Crippen LogP contribution in [0.2, 0.25) is 0 Å². The third-order valence-corrected chi connectivity index (χ3v) is 5.04. The van der Waals surface area contributed by atoms with Gasteiger partial charge in [0, 0.05) is 25.3 Å². The van der Waals surface area contributed by atoms with E-state index in [2.05, 4.69) is 14.9 Å². The Labute approximate surface area is 164 Å². The van der Waals surface area contributed by atoms with Crippen LogP contribution in [0.15, 0.2) is 48.5 Å². The van der Waals surface area contributed by atoms with Crippen molar-refractivity contribution in [3.05, 3.63) is 59.9 Å². The van der Waals surface area contributed by atoms with Crippen LogP contribution >= 0.6 is 0 Å². The average molecular weight is 379 g/mol. The number of nitrogens with one attached hydrogen (secondary N) is 1. The lowest BCUT2D eigenvalue weighted by Crippen LogP contribution is -2.27. The molecule has 1 fully saturated rings. The summed E-state index contributed by atoms with van der Waals surface area (Å²) in [6.07, 6.45) is 2.33. The normalized spacial score (nSPS) is 16.4. The van der Waals surface area contributed by atoms with Gasteiger partial charge in [0.25, 0.3) is 5.91 Å². The summed E-state index contributed by atoms with van der Waals surface area (Å²) in [5.74, 6) is 1.61. The average Bonchev–Trinajstić information content (AvgIpc) is 3.34. The molecule has 3 aromatic rings. The molecular formula is C22H25N3O3. The summed E-state index contributed by atoms with van der Waals surface area (Å²) >= 11 is 0. The van der Waals surface area contributed by atoms with Crippen molar-refractivity contribution in [3.63, 3.8) is 0 Å². The zero-order valence-corrected chi connectivity index (χ0v) is 16.1. The van der Waals surface area contributed by atoms with E-state index in [0.29, 0.717) is 25.3 Å². The molecule has 0 saturated carbocycles. The standard InChI is InChI=1S/C22H25N3O3/c1-16-24-20-6-2-3-7-21(20)25(16)13-12-23-22(26)17-8-10-18(11-9-17)28-15-19-5-4-14-27-19/h2-3,6-11,19H,4-5,12-15H2,1H3,(H,23,26)/t19-/m0/s1. The van der Waals surface area contributed by atoms with E-state index in [9.17, 15) is 4.79 Å². The Bertz CT molecular complexity index is 943. The lowest BCUT2D eigenvalue weighted by Gasteiger charge is -2.12. The predicted octanol–water partition coefficient (Wildman–Crippen LogP) is 3.33. The molecule has 146 valence electrons. The fourth-order valence-electron chi connectivity index (χ4n) is 3.53. The van der Waals surface area contributed by atoms with Crippen LogP contribution in [-0.4, -0.2) is 41.3 Å². The number of aromatic nitrogens is 2. The molecule has 2 heterocycles. The number of benzene rings is 2. The Morgan fingerprint density at radius 2 is 2.07 bits per heavy atom. The second-order valence-corrected chi connectivity index (χ2v) is 7.03. The molecule has 0 unspecified atom stereocenters. The Hall–Kier alpha value is -2.86. The smallest absolute Gasteiger partial charge is 0.251 e. The molecule has 1 aliphatic rings. The number of rotatable bonds is 7. The van der Waals surface area contributed by atoms with Crippen molar-refractivity contribution in [2.24, 2.45) is 0 Å². The van der Waals surface area contributed by atoms with Crippen LogP contribution in [0.25, 0.3) is 11.0 Å². The number of carbonyl (C=O) groups excluding carboxylic acids is 1. The maximum absolute atomic E-state index is 12.4. The Morgan fingerprint density at radius 3 is 2.86 bits per heavy atom. The van der Waals surface area contributed by atoms with Crippen molar-refractivity contribution in [1.29, 1.82) is 0 Å². The summed E-state index contributed by atoms with van der Waals surface area (Å²) in [5.41, 5.74) is 2.68. The van der Waals surface area contributed by atoms with Gasteiger partial charge in [-0.15, -0.1) is 0 Å². The zero-order chi connectivity index (χ0) is 19.3. The summed E-state index contributed by atoms with van der Waals surface area (Å²) in [7, 11) is 0. The van der Waals surface area contributed by atoms with Gasteiger partial charge in [0.2, 0.25) is 0 Å². The highest BCUT2D eigenvalue weighted by Gasteiger charge is 2.16. The van der Waals surface area contributed by atoms with E-state index >= 15 is 0 Å². The molecule has 4 rings (SSSR count). The van der Waals surface area contributed by atoms with E-state index in [1.807, 2.05) is 43.3 Å². The minimum Gasteiger partial charge on any atom is -0.491 e. The first-order chi connectivity index (χ1) is 13.7. The van der Waals surface area contributed by atoms with Crippen molar-refractivity contribution < 1.29 is 14.3 Å². The first-order valence-corrected chi connectivity index (χ1v) is 9.75. The number of amides is 1. The van der Waals surface area contributed by atoms with Gasteiger partial charge in [-0.3, -0.25) is 4.79 Å². The van der Waals surface area contributed by atoms with Crippen LogP contribution < -0.4 is 10.1 Å². The number of ether oxygens (including phenoxy) is 2. The molecule has 0 aliphatic carbocycles. The first kappa shape index (κ1) is 18.5. The molecule has 1 atom stereocenters. The minimum atomic E-state index is -0.0900. The van der Waals surface area contributed by atoms with Crippen LogP contribution in [-0.2, 0) is 11.3 Å². The number of fused-ring (bicyclic) bond motifs is 1. The quantitative estimate of drug-likeness (QED) is 0.684. The molecule has 0 radical (unpaired) electrons. The van der Waals surface area contributed by atoms with Gasteiger partial charge in [0.1, 0.15) is 18.2 Å². The van der Waals surface area contributed by atoms with Gasteiger partial charge in [-0.25, -0.2) is 4.98 Å². The van der Waals surface area contributed by atoms with Crippen LogP contribution in [0.3, 0.4) is 0 Å². The molecule has 6 heteroatoms. The fourth-order valence-corrected chi connectivity index (χ4v) is 3.53. The van der Waals surface area contributed by atoms with Crippen LogP contribution in [0.1, 0.15) is 29.0 Å². The van der Waals surface area contributed by atoms with Crippen molar-refractivity contribution in [3.8, 4) is 5.75 Å². The molecule has 1 amide bonds.